The molecule has 3 atom stereocenters. The van der Waals surface area contributed by atoms with E-state index in [1.807, 2.05) is 0 Å². The van der Waals surface area contributed by atoms with Crippen molar-refractivity contribution in [2.75, 3.05) is 13.4 Å². The van der Waals surface area contributed by atoms with Crippen molar-refractivity contribution in [1.29, 1.82) is 0 Å². The van der Waals surface area contributed by atoms with Crippen molar-refractivity contribution in [3.8, 4) is 11.5 Å². The molecule has 0 N–H and O–H groups in total. The van der Waals surface area contributed by atoms with Crippen molar-refractivity contribution in [3.05, 3.63) is 36.4 Å². The Morgan fingerprint density at radius 1 is 1.39 bits per heavy atom. The van der Waals surface area contributed by atoms with Gasteiger partial charge >= 0.3 is 11.9 Å². The number of hydrogen-bond acceptors (Lipinski definition) is 6. The van der Waals surface area contributed by atoms with Crippen LogP contribution in [0.3, 0.4) is 0 Å². The van der Waals surface area contributed by atoms with Gasteiger partial charge in [0, 0.05) is 0 Å². The number of fused-ring (bicyclic) bond motifs is 1. The van der Waals surface area contributed by atoms with E-state index in [2.05, 4.69) is 6.58 Å². The highest BCUT2D eigenvalue weighted by molar-refractivity contribution is 5.86. The summed E-state index contributed by atoms with van der Waals surface area (Å²) in [6.07, 6.45) is 1.28. The minimum absolute atomic E-state index is 0.156. The molecular weight excluding hydrogens is 300 g/mol. The van der Waals surface area contributed by atoms with E-state index in [1.165, 1.54) is 0 Å². The highest BCUT2D eigenvalue weighted by atomic mass is 16.7. The quantitative estimate of drug-likeness (QED) is 0.613. The minimum Gasteiger partial charge on any atom is -0.466 e. The van der Waals surface area contributed by atoms with Gasteiger partial charge in [0.15, 0.2) is 11.5 Å². The highest BCUT2D eigenvalue weighted by Gasteiger charge is 2.49. The molecule has 0 amide bonds. The van der Waals surface area contributed by atoms with E-state index in [-0.39, 0.29) is 13.4 Å². The van der Waals surface area contributed by atoms with Gasteiger partial charge in [0.05, 0.1) is 12.5 Å². The molecule has 1 aromatic rings. The molecule has 0 radical (unpaired) electrons. The van der Waals surface area contributed by atoms with Gasteiger partial charge in [-0.2, -0.15) is 0 Å². The van der Waals surface area contributed by atoms with E-state index in [0.29, 0.717) is 23.5 Å². The van der Waals surface area contributed by atoms with E-state index < -0.39 is 29.9 Å². The Labute approximate surface area is 134 Å². The zero-order valence-electron chi connectivity index (χ0n) is 12.8. The second kappa shape index (κ2) is 6.32. The van der Waals surface area contributed by atoms with Crippen LogP contribution in [-0.4, -0.2) is 25.3 Å². The Bertz CT molecular complexity index is 638. The van der Waals surface area contributed by atoms with E-state index in [4.69, 9.17) is 18.9 Å². The first-order valence-corrected chi connectivity index (χ1v) is 7.53. The van der Waals surface area contributed by atoms with Gasteiger partial charge in [0.1, 0.15) is 12.0 Å². The van der Waals surface area contributed by atoms with Crippen LogP contribution >= 0.6 is 0 Å². The van der Waals surface area contributed by atoms with Gasteiger partial charge in [-0.05, 0) is 31.0 Å². The third-order valence-electron chi connectivity index (χ3n) is 4.01. The first kappa shape index (κ1) is 15.4. The Hall–Kier alpha value is -2.50. The molecule has 1 aromatic carbocycles. The normalized spacial score (nSPS) is 25.1. The fraction of sp³-hybridized carbons (Fsp3) is 0.412. The first-order chi connectivity index (χ1) is 11.2. The summed E-state index contributed by atoms with van der Waals surface area (Å²) >= 11 is 0. The number of esters is 2. The number of cyclic esters (lactones) is 1. The smallest absolute Gasteiger partial charge is 0.313 e. The number of hydrogen-bond donors (Lipinski definition) is 0. The molecule has 0 aromatic heterocycles. The van der Waals surface area contributed by atoms with Crippen LogP contribution in [0.5, 0.6) is 11.5 Å². The van der Waals surface area contributed by atoms with Crippen molar-refractivity contribution in [3.63, 3.8) is 0 Å². The topological polar surface area (TPSA) is 71.1 Å². The number of allylic oxidation sites excluding steroid dienone is 1. The Morgan fingerprint density at radius 3 is 2.91 bits per heavy atom. The summed E-state index contributed by atoms with van der Waals surface area (Å²) in [7, 11) is 0. The Kier molecular flexibility index (Phi) is 4.23. The molecule has 1 fully saturated rings. The molecule has 0 saturated carbocycles. The third kappa shape index (κ3) is 2.76. The molecule has 2 heterocycles. The standard InChI is InChI=1S/C17H18O6/c1-3-5-11-14(17(19)20-4-2)15(23-16(11)18)10-6-7-12-13(8-10)22-9-21-12/h3,6-8,11,14-15H,1,4-5,9H2,2H3. The minimum atomic E-state index is -0.694. The SMILES string of the molecule is C=CCC1C(=O)OC(c2ccc3c(c2)OCO3)C1C(=O)OCC. The van der Waals surface area contributed by atoms with Crippen LogP contribution in [0, 0.1) is 11.8 Å². The molecular formula is C17H18O6. The molecule has 6 nitrogen and oxygen atoms in total. The summed E-state index contributed by atoms with van der Waals surface area (Å²) in [5, 5.41) is 0. The van der Waals surface area contributed by atoms with Gasteiger partial charge in [-0.3, -0.25) is 9.59 Å². The van der Waals surface area contributed by atoms with Crippen molar-refractivity contribution >= 4 is 11.9 Å². The fourth-order valence-corrected chi connectivity index (χ4v) is 2.96. The number of rotatable bonds is 5. The first-order valence-electron chi connectivity index (χ1n) is 7.53. The monoisotopic (exact) mass is 318 g/mol. The molecule has 0 aliphatic carbocycles. The number of benzene rings is 1. The van der Waals surface area contributed by atoms with E-state index in [0.717, 1.165) is 0 Å². The van der Waals surface area contributed by atoms with Crippen molar-refractivity contribution in [2.24, 2.45) is 11.8 Å². The maximum absolute atomic E-state index is 12.3. The lowest BCUT2D eigenvalue weighted by molar-refractivity contribution is -0.151. The van der Waals surface area contributed by atoms with Gasteiger partial charge in [-0.15, -0.1) is 6.58 Å². The van der Waals surface area contributed by atoms with Gasteiger partial charge in [-0.1, -0.05) is 12.1 Å². The van der Waals surface area contributed by atoms with Crippen molar-refractivity contribution in [2.45, 2.75) is 19.4 Å². The molecule has 2 aliphatic heterocycles. The lowest BCUT2D eigenvalue weighted by Crippen LogP contribution is -2.27. The lowest BCUT2D eigenvalue weighted by atomic mass is 9.85. The van der Waals surface area contributed by atoms with Crippen molar-refractivity contribution in [1.82, 2.24) is 0 Å². The summed E-state index contributed by atoms with van der Waals surface area (Å²) in [4.78, 5) is 24.5. The maximum Gasteiger partial charge on any atom is 0.313 e. The lowest BCUT2D eigenvalue weighted by Gasteiger charge is -2.19. The molecule has 0 spiro atoms. The third-order valence-corrected chi connectivity index (χ3v) is 4.01. The van der Waals surface area contributed by atoms with E-state index >= 15 is 0 Å². The number of ether oxygens (including phenoxy) is 4. The summed E-state index contributed by atoms with van der Waals surface area (Å²) in [5.74, 6) is -0.914. The zero-order chi connectivity index (χ0) is 16.4. The van der Waals surface area contributed by atoms with Crippen LogP contribution in [0.25, 0.3) is 0 Å². The maximum atomic E-state index is 12.3. The average Bonchev–Trinajstić information content (AvgIpc) is 3.12. The molecule has 3 rings (SSSR count). The summed E-state index contributed by atoms with van der Waals surface area (Å²) in [6.45, 7) is 5.78. The molecule has 6 heteroatoms. The molecule has 23 heavy (non-hydrogen) atoms. The summed E-state index contributed by atoms with van der Waals surface area (Å²) < 4.78 is 21.2. The number of carbonyl (C=O) groups excluding carboxylic acids is 2. The van der Waals surface area contributed by atoms with Crippen molar-refractivity contribution < 1.29 is 28.5 Å². The number of carbonyl (C=O) groups is 2. The molecule has 1 saturated heterocycles. The highest BCUT2D eigenvalue weighted by Crippen LogP contribution is 2.44. The van der Waals surface area contributed by atoms with Gasteiger partial charge in [0.25, 0.3) is 0 Å². The van der Waals surface area contributed by atoms with Crippen LogP contribution in [0.4, 0.5) is 0 Å². The van der Waals surface area contributed by atoms with Crippen LogP contribution in [-0.2, 0) is 19.1 Å². The van der Waals surface area contributed by atoms with Crippen LogP contribution in [0.15, 0.2) is 30.9 Å². The van der Waals surface area contributed by atoms with Crippen LogP contribution in [0.2, 0.25) is 0 Å². The largest absolute Gasteiger partial charge is 0.466 e. The predicted octanol–water partition coefficient (Wildman–Crippen LogP) is 2.38. The molecule has 122 valence electrons. The predicted molar refractivity (Wildman–Crippen MR) is 79.8 cm³/mol. The fourth-order valence-electron chi connectivity index (χ4n) is 2.96. The second-order valence-corrected chi connectivity index (χ2v) is 5.38. The Balaban J connectivity index is 1.93. The van der Waals surface area contributed by atoms with E-state index in [9.17, 15) is 9.59 Å². The molecule has 3 unspecified atom stereocenters. The van der Waals surface area contributed by atoms with E-state index in [1.54, 1.807) is 31.2 Å². The summed E-state index contributed by atoms with van der Waals surface area (Å²) in [5.41, 5.74) is 0.687. The Morgan fingerprint density at radius 2 is 2.17 bits per heavy atom. The second-order valence-electron chi connectivity index (χ2n) is 5.38. The zero-order valence-corrected chi connectivity index (χ0v) is 12.8. The van der Waals surface area contributed by atoms with Gasteiger partial charge in [-0.25, -0.2) is 0 Å². The van der Waals surface area contributed by atoms with Gasteiger partial charge < -0.3 is 18.9 Å². The summed E-state index contributed by atoms with van der Waals surface area (Å²) in [6, 6.07) is 5.26. The molecule has 2 aliphatic rings. The van der Waals surface area contributed by atoms with Crippen LogP contribution in [0.1, 0.15) is 25.0 Å². The molecule has 0 bridgehead atoms. The van der Waals surface area contributed by atoms with Crippen LogP contribution < -0.4 is 9.47 Å². The van der Waals surface area contributed by atoms with Gasteiger partial charge in [0.2, 0.25) is 6.79 Å². The average molecular weight is 318 g/mol.